The van der Waals surface area contributed by atoms with Crippen molar-refractivity contribution in [2.75, 3.05) is 0 Å². The van der Waals surface area contributed by atoms with E-state index in [9.17, 15) is 9.90 Å². The van der Waals surface area contributed by atoms with Crippen LogP contribution in [0, 0.1) is 0 Å². The maximum absolute atomic E-state index is 11.7. The molecule has 3 heteroatoms. The second-order valence-electron chi connectivity index (χ2n) is 3.97. The number of ketones is 1. The van der Waals surface area contributed by atoms with Gasteiger partial charge >= 0.3 is 0 Å². The third-order valence-electron chi connectivity index (χ3n) is 2.91. The van der Waals surface area contributed by atoms with Gasteiger partial charge in [0.05, 0.1) is 0 Å². The lowest BCUT2D eigenvalue weighted by Gasteiger charge is -2.21. The summed E-state index contributed by atoms with van der Waals surface area (Å²) >= 11 is 6.02. The van der Waals surface area contributed by atoms with E-state index in [4.69, 9.17) is 11.6 Å². The van der Waals surface area contributed by atoms with E-state index in [0.29, 0.717) is 11.4 Å². The van der Waals surface area contributed by atoms with E-state index in [1.54, 1.807) is 12.1 Å². The fourth-order valence-corrected chi connectivity index (χ4v) is 2.42. The average Bonchev–Trinajstić information content (AvgIpc) is 2.20. The molecule has 0 heterocycles. The zero-order valence-corrected chi connectivity index (χ0v) is 9.13. The van der Waals surface area contributed by atoms with Gasteiger partial charge in [0.25, 0.3) is 0 Å². The van der Waals surface area contributed by atoms with Crippen molar-refractivity contribution in [3.8, 4) is 5.75 Å². The van der Waals surface area contributed by atoms with E-state index >= 15 is 0 Å². The monoisotopic (exact) mass is 224 g/mol. The van der Waals surface area contributed by atoms with Gasteiger partial charge < -0.3 is 5.11 Å². The van der Waals surface area contributed by atoms with Crippen LogP contribution in [0.2, 0.25) is 5.02 Å². The number of hydrogen-bond acceptors (Lipinski definition) is 2. The summed E-state index contributed by atoms with van der Waals surface area (Å²) in [7, 11) is 0. The standard InChI is InChI=1S/C12H13ClO2/c13-11-7-8(14)5-6-9(11)10-3-1-2-4-12(10)15/h5-7,10,14H,1-4H2. The number of benzene rings is 1. The van der Waals surface area contributed by atoms with Crippen molar-refractivity contribution in [3.05, 3.63) is 28.8 Å². The van der Waals surface area contributed by atoms with E-state index in [0.717, 1.165) is 24.8 Å². The minimum absolute atomic E-state index is 0.0631. The Morgan fingerprint density at radius 2 is 2.13 bits per heavy atom. The quantitative estimate of drug-likeness (QED) is 0.795. The molecule has 1 unspecified atom stereocenters. The molecule has 1 aromatic carbocycles. The van der Waals surface area contributed by atoms with Gasteiger partial charge in [-0.3, -0.25) is 4.79 Å². The fraction of sp³-hybridized carbons (Fsp3) is 0.417. The van der Waals surface area contributed by atoms with Gasteiger partial charge in [-0.2, -0.15) is 0 Å². The molecule has 0 aromatic heterocycles. The lowest BCUT2D eigenvalue weighted by atomic mass is 9.83. The van der Waals surface area contributed by atoms with Crippen molar-refractivity contribution >= 4 is 17.4 Å². The minimum atomic E-state index is -0.0631. The summed E-state index contributed by atoms with van der Waals surface area (Å²) in [6, 6.07) is 4.84. The predicted octanol–water partition coefficient (Wildman–Crippen LogP) is 3.27. The zero-order valence-electron chi connectivity index (χ0n) is 8.37. The molecule has 80 valence electrons. The van der Waals surface area contributed by atoms with Crippen LogP contribution in [0.25, 0.3) is 0 Å². The van der Waals surface area contributed by atoms with Gasteiger partial charge in [0.1, 0.15) is 11.5 Å². The number of phenols is 1. The summed E-state index contributed by atoms with van der Waals surface area (Å²) in [5.74, 6) is 0.354. The molecule has 1 N–H and O–H groups in total. The molecule has 1 saturated carbocycles. The van der Waals surface area contributed by atoms with Crippen molar-refractivity contribution in [3.63, 3.8) is 0 Å². The molecule has 0 amide bonds. The Hall–Kier alpha value is -1.02. The molecule has 1 aliphatic rings. The topological polar surface area (TPSA) is 37.3 Å². The number of phenolic OH excluding ortho intramolecular Hbond substituents is 1. The molecule has 0 saturated heterocycles. The van der Waals surface area contributed by atoms with Crippen LogP contribution in [-0.4, -0.2) is 10.9 Å². The highest BCUT2D eigenvalue weighted by Gasteiger charge is 2.25. The summed E-state index contributed by atoms with van der Waals surface area (Å²) < 4.78 is 0. The summed E-state index contributed by atoms with van der Waals surface area (Å²) in [5, 5.41) is 9.73. The highest BCUT2D eigenvalue weighted by molar-refractivity contribution is 6.31. The largest absolute Gasteiger partial charge is 0.508 e. The van der Waals surface area contributed by atoms with E-state index < -0.39 is 0 Å². The van der Waals surface area contributed by atoms with Crippen LogP contribution in [0.15, 0.2) is 18.2 Å². The number of hydrogen-bond donors (Lipinski definition) is 1. The van der Waals surface area contributed by atoms with Crippen molar-refractivity contribution in [2.45, 2.75) is 31.6 Å². The highest BCUT2D eigenvalue weighted by atomic mass is 35.5. The molecular formula is C12H13ClO2. The van der Waals surface area contributed by atoms with E-state index in [1.165, 1.54) is 6.07 Å². The number of carbonyl (C=O) groups is 1. The maximum Gasteiger partial charge on any atom is 0.140 e. The minimum Gasteiger partial charge on any atom is -0.508 e. The van der Waals surface area contributed by atoms with Crippen LogP contribution in [0.4, 0.5) is 0 Å². The van der Waals surface area contributed by atoms with Crippen molar-refractivity contribution < 1.29 is 9.90 Å². The van der Waals surface area contributed by atoms with Crippen LogP contribution in [0.1, 0.15) is 37.2 Å². The van der Waals surface area contributed by atoms with Gasteiger partial charge in [0.2, 0.25) is 0 Å². The first-order chi connectivity index (χ1) is 7.18. The zero-order chi connectivity index (χ0) is 10.8. The van der Waals surface area contributed by atoms with Crippen LogP contribution < -0.4 is 0 Å². The van der Waals surface area contributed by atoms with Gasteiger partial charge in [-0.25, -0.2) is 0 Å². The first-order valence-electron chi connectivity index (χ1n) is 5.19. The lowest BCUT2D eigenvalue weighted by molar-refractivity contribution is -0.121. The molecule has 15 heavy (non-hydrogen) atoms. The van der Waals surface area contributed by atoms with Gasteiger partial charge in [0.15, 0.2) is 0 Å². The molecule has 1 atom stereocenters. The number of halogens is 1. The predicted molar refractivity (Wildman–Crippen MR) is 59.3 cm³/mol. The third-order valence-corrected chi connectivity index (χ3v) is 3.24. The van der Waals surface area contributed by atoms with E-state index in [1.807, 2.05) is 0 Å². The Morgan fingerprint density at radius 3 is 2.80 bits per heavy atom. The van der Waals surface area contributed by atoms with Crippen LogP contribution in [0.5, 0.6) is 5.75 Å². The number of carbonyl (C=O) groups excluding carboxylic acids is 1. The van der Waals surface area contributed by atoms with Crippen LogP contribution in [-0.2, 0) is 4.79 Å². The summed E-state index contributed by atoms with van der Waals surface area (Å²) in [6.07, 6.45) is 3.60. The molecule has 1 aromatic rings. The third kappa shape index (κ3) is 2.15. The van der Waals surface area contributed by atoms with Crippen molar-refractivity contribution in [2.24, 2.45) is 0 Å². The first-order valence-corrected chi connectivity index (χ1v) is 5.57. The maximum atomic E-state index is 11.7. The highest BCUT2D eigenvalue weighted by Crippen LogP contribution is 2.35. The number of rotatable bonds is 1. The molecule has 0 bridgehead atoms. The Kier molecular flexibility index (Phi) is 2.96. The lowest BCUT2D eigenvalue weighted by Crippen LogP contribution is -2.17. The second-order valence-corrected chi connectivity index (χ2v) is 4.38. The second kappa shape index (κ2) is 4.23. The van der Waals surface area contributed by atoms with Crippen molar-refractivity contribution in [1.29, 1.82) is 0 Å². The Labute approximate surface area is 93.9 Å². The molecule has 1 fully saturated rings. The Bertz CT molecular complexity index is 387. The summed E-state index contributed by atoms with van der Waals surface area (Å²) in [4.78, 5) is 11.7. The summed E-state index contributed by atoms with van der Waals surface area (Å²) in [5.41, 5.74) is 0.860. The van der Waals surface area contributed by atoms with Crippen LogP contribution in [0.3, 0.4) is 0 Å². The molecular weight excluding hydrogens is 212 g/mol. The summed E-state index contributed by atoms with van der Waals surface area (Å²) in [6.45, 7) is 0. The van der Waals surface area contributed by atoms with Gasteiger partial charge in [-0.1, -0.05) is 24.1 Å². The fourth-order valence-electron chi connectivity index (χ4n) is 2.11. The van der Waals surface area contributed by atoms with Crippen LogP contribution >= 0.6 is 11.6 Å². The Morgan fingerprint density at radius 1 is 1.33 bits per heavy atom. The van der Waals surface area contributed by atoms with E-state index in [2.05, 4.69) is 0 Å². The molecule has 2 rings (SSSR count). The number of Topliss-reactive ketones (excluding diaryl/α,β-unsaturated/α-hetero) is 1. The molecule has 0 aliphatic heterocycles. The van der Waals surface area contributed by atoms with Gasteiger partial charge in [-0.15, -0.1) is 0 Å². The number of aromatic hydroxyl groups is 1. The Balaban J connectivity index is 2.31. The first kappa shape index (κ1) is 10.5. The molecule has 0 spiro atoms. The van der Waals surface area contributed by atoms with E-state index in [-0.39, 0.29) is 17.5 Å². The van der Waals surface area contributed by atoms with Gasteiger partial charge in [-0.05, 0) is 30.5 Å². The normalized spacial score (nSPS) is 21.7. The van der Waals surface area contributed by atoms with Gasteiger partial charge in [0, 0.05) is 17.4 Å². The molecule has 2 nitrogen and oxygen atoms in total. The average molecular weight is 225 g/mol. The SMILES string of the molecule is O=C1CCCCC1c1ccc(O)cc1Cl. The smallest absolute Gasteiger partial charge is 0.140 e. The molecule has 1 aliphatic carbocycles. The molecule has 0 radical (unpaired) electrons. The van der Waals surface area contributed by atoms with Crippen molar-refractivity contribution in [1.82, 2.24) is 0 Å².